The molecule has 9 heteroatoms. The Balaban J connectivity index is 1.66. The fourth-order valence-electron chi connectivity index (χ4n) is 4.48. The molecular formula is C25H31N3O4S2. The van der Waals surface area contributed by atoms with Crippen LogP contribution in [0.5, 0.6) is 0 Å². The Morgan fingerprint density at radius 3 is 2.44 bits per heavy atom. The molecule has 7 nitrogen and oxygen atoms in total. The zero-order valence-electron chi connectivity index (χ0n) is 19.8. The Morgan fingerprint density at radius 2 is 1.76 bits per heavy atom. The summed E-state index contributed by atoms with van der Waals surface area (Å²) < 4.78 is 28.1. The van der Waals surface area contributed by atoms with Crippen LogP contribution < -0.4 is 10.2 Å². The molecule has 182 valence electrons. The second-order valence-electron chi connectivity index (χ2n) is 9.02. The lowest BCUT2D eigenvalue weighted by Crippen LogP contribution is -2.39. The molecule has 0 aromatic heterocycles. The molecule has 2 aliphatic heterocycles. The van der Waals surface area contributed by atoms with Crippen LogP contribution in [-0.4, -0.2) is 49.4 Å². The molecule has 34 heavy (non-hydrogen) atoms. The molecule has 1 N–H and O–H groups in total. The summed E-state index contributed by atoms with van der Waals surface area (Å²) in [5, 5.41) is 2.96. The summed E-state index contributed by atoms with van der Waals surface area (Å²) in [6, 6.07) is 10.7. The minimum Gasteiger partial charge on any atom is -0.324 e. The molecule has 0 saturated carbocycles. The van der Waals surface area contributed by atoms with Gasteiger partial charge in [-0.05, 0) is 56.0 Å². The van der Waals surface area contributed by atoms with Crippen LogP contribution >= 0.6 is 11.8 Å². The third kappa shape index (κ3) is 5.16. The predicted octanol–water partition coefficient (Wildman–Crippen LogP) is 4.33. The van der Waals surface area contributed by atoms with Crippen molar-refractivity contribution in [3.05, 3.63) is 47.5 Å². The number of nitrogens with one attached hydrogen (secondary N) is 1. The van der Waals surface area contributed by atoms with Gasteiger partial charge < -0.3 is 10.2 Å². The highest BCUT2D eigenvalue weighted by Gasteiger charge is 2.32. The molecule has 4 rings (SSSR count). The van der Waals surface area contributed by atoms with Crippen LogP contribution in [0.1, 0.15) is 43.7 Å². The van der Waals surface area contributed by atoms with Gasteiger partial charge in [0, 0.05) is 35.3 Å². The lowest BCUT2D eigenvalue weighted by Gasteiger charge is -2.27. The van der Waals surface area contributed by atoms with Gasteiger partial charge in [0.15, 0.2) is 0 Å². The first-order chi connectivity index (χ1) is 16.2. The Hall–Kier alpha value is -2.36. The maximum Gasteiger partial charge on any atom is 0.244 e. The molecule has 1 fully saturated rings. The van der Waals surface area contributed by atoms with E-state index >= 15 is 0 Å². The monoisotopic (exact) mass is 501 g/mol. The molecular weight excluding hydrogens is 470 g/mol. The van der Waals surface area contributed by atoms with Crippen molar-refractivity contribution in [1.29, 1.82) is 0 Å². The zero-order chi connectivity index (χ0) is 24.5. The van der Waals surface area contributed by atoms with Crippen LogP contribution in [0.4, 0.5) is 11.4 Å². The van der Waals surface area contributed by atoms with Gasteiger partial charge in [0.2, 0.25) is 21.8 Å². The zero-order valence-corrected chi connectivity index (χ0v) is 21.5. The van der Waals surface area contributed by atoms with Gasteiger partial charge in [-0.15, -0.1) is 11.8 Å². The van der Waals surface area contributed by atoms with Crippen LogP contribution in [0, 0.1) is 13.8 Å². The average molecular weight is 502 g/mol. The van der Waals surface area contributed by atoms with Crippen molar-refractivity contribution in [2.45, 2.75) is 61.5 Å². The van der Waals surface area contributed by atoms with Crippen LogP contribution in [0.2, 0.25) is 0 Å². The number of para-hydroxylation sites is 1. The molecule has 2 heterocycles. The molecule has 0 spiro atoms. The highest BCUT2D eigenvalue weighted by atomic mass is 32.2. The van der Waals surface area contributed by atoms with Crippen molar-refractivity contribution in [1.82, 2.24) is 4.31 Å². The van der Waals surface area contributed by atoms with Crippen LogP contribution in [-0.2, 0) is 19.6 Å². The fourth-order valence-corrected chi connectivity index (χ4v) is 7.11. The molecule has 2 aliphatic rings. The van der Waals surface area contributed by atoms with Crippen molar-refractivity contribution >= 4 is 45.0 Å². The summed E-state index contributed by atoms with van der Waals surface area (Å²) in [6.07, 6.45) is 2.99. The van der Waals surface area contributed by atoms with E-state index in [1.807, 2.05) is 39.0 Å². The number of thioether (sulfide) groups is 1. The van der Waals surface area contributed by atoms with E-state index in [0.29, 0.717) is 18.8 Å². The van der Waals surface area contributed by atoms with Crippen molar-refractivity contribution in [3.63, 3.8) is 0 Å². The quantitative estimate of drug-likeness (QED) is 0.659. The van der Waals surface area contributed by atoms with Gasteiger partial charge in [-0.1, -0.05) is 31.5 Å². The molecule has 0 bridgehead atoms. The van der Waals surface area contributed by atoms with Crippen molar-refractivity contribution < 1.29 is 18.0 Å². The first kappa shape index (κ1) is 24.8. The molecule has 1 saturated heterocycles. The van der Waals surface area contributed by atoms with Gasteiger partial charge in [0.05, 0.1) is 10.6 Å². The normalized spacial score (nSPS) is 19.4. The molecule has 1 atom stereocenters. The van der Waals surface area contributed by atoms with Gasteiger partial charge in [-0.25, -0.2) is 8.42 Å². The first-order valence-electron chi connectivity index (χ1n) is 11.6. The third-order valence-electron chi connectivity index (χ3n) is 6.31. The topological polar surface area (TPSA) is 86.8 Å². The van der Waals surface area contributed by atoms with E-state index in [1.165, 1.54) is 21.0 Å². The van der Waals surface area contributed by atoms with E-state index in [1.54, 1.807) is 18.2 Å². The minimum absolute atomic E-state index is 0.0162. The number of amides is 2. The maximum absolute atomic E-state index is 13.3. The summed E-state index contributed by atoms with van der Waals surface area (Å²) in [4.78, 5) is 28.6. The Morgan fingerprint density at radius 1 is 1.09 bits per heavy atom. The van der Waals surface area contributed by atoms with E-state index in [-0.39, 0.29) is 34.9 Å². The van der Waals surface area contributed by atoms with Gasteiger partial charge in [0.25, 0.3) is 0 Å². The average Bonchev–Trinajstić information content (AvgIpc) is 2.91. The van der Waals surface area contributed by atoms with E-state index in [9.17, 15) is 18.0 Å². The predicted molar refractivity (Wildman–Crippen MR) is 136 cm³/mol. The number of aryl methyl sites for hydroxylation is 2. The summed E-state index contributed by atoms with van der Waals surface area (Å²) in [5.41, 5.74) is 3.10. The van der Waals surface area contributed by atoms with Gasteiger partial charge in [0.1, 0.15) is 6.54 Å². The summed E-state index contributed by atoms with van der Waals surface area (Å²) >= 11 is 1.53. The summed E-state index contributed by atoms with van der Waals surface area (Å²) in [5.74, 6) is -0.511. The summed E-state index contributed by atoms with van der Waals surface area (Å²) in [7, 11) is -3.66. The van der Waals surface area contributed by atoms with E-state index in [4.69, 9.17) is 0 Å². The number of anilines is 2. The standard InChI is InChI=1S/C25H31N3O4S2/c1-17-8-7-9-18(2)25(17)26-23(29)16-28-21-15-20(34(31,32)27-12-5-4-6-13-27)10-11-22(21)33-19(3)14-24(28)30/h7-11,15,19H,4-6,12-14,16H2,1-3H3,(H,26,29)/t19-/m1/s1. The van der Waals surface area contributed by atoms with Gasteiger partial charge in [-0.2, -0.15) is 4.31 Å². The number of carbonyl (C=O) groups excluding carboxylic acids is 2. The molecule has 2 aromatic rings. The number of nitrogens with zero attached hydrogens (tertiary/aromatic N) is 2. The molecule has 0 radical (unpaired) electrons. The number of hydrogen-bond donors (Lipinski definition) is 1. The molecule has 2 aromatic carbocycles. The van der Waals surface area contributed by atoms with E-state index in [0.717, 1.165) is 41.0 Å². The van der Waals surface area contributed by atoms with Gasteiger partial charge >= 0.3 is 0 Å². The summed E-state index contributed by atoms with van der Waals surface area (Å²) in [6.45, 7) is 6.64. The number of piperidine rings is 1. The Bertz CT molecular complexity index is 1190. The first-order valence-corrected chi connectivity index (χ1v) is 14.0. The van der Waals surface area contributed by atoms with Crippen LogP contribution in [0.3, 0.4) is 0 Å². The van der Waals surface area contributed by atoms with Gasteiger partial charge in [-0.3, -0.25) is 9.59 Å². The second kappa shape index (κ2) is 10.1. The van der Waals surface area contributed by atoms with Crippen molar-refractivity contribution in [2.24, 2.45) is 0 Å². The number of sulfonamides is 1. The molecule has 0 unspecified atom stereocenters. The van der Waals surface area contributed by atoms with E-state index < -0.39 is 10.0 Å². The number of rotatable bonds is 5. The van der Waals surface area contributed by atoms with E-state index in [2.05, 4.69) is 5.32 Å². The minimum atomic E-state index is -3.66. The number of benzene rings is 2. The highest BCUT2D eigenvalue weighted by molar-refractivity contribution is 8.00. The van der Waals surface area contributed by atoms with Crippen LogP contribution in [0.25, 0.3) is 0 Å². The lowest BCUT2D eigenvalue weighted by molar-refractivity contribution is -0.121. The molecule has 0 aliphatic carbocycles. The Labute approximate surface area is 205 Å². The third-order valence-corrected chi connectivity index (χ3v) is 9.38. The molecule has 2 amide bonds. The maximum atomic E-state index is 13.3. The largest absolute Gasteiger partial charge is 0.324 e. The smallest absolute Gasteiger partial charge is 0.244 e. The van der Waals surface area contributed by atoms with Crippen molar-refractivity contribution in [3.8, 4) is 0 Å². The van der Waals surface area contributed by atoms with Crippen molar-refractivity contribution in [2.75, 3.05) is 29.9 Å². The lowest BCUT2D eigenvalue weighted by atomic mass is 10.1. The number of fused-ring (bicyclic) bond motifs is 1. The van der Waals surface area contributed by atoms with Crippen LogP contribution in [0.15, 0.2) is 46.2 Å². The highest BCUT2D eigenvalue weighted by Crippen LogP contribution is 2.40. The number of hydrogen-bond acceptors (Lipinski definition) is 5. The second-order valence-corrected chi connectivity index (χ2v) is 12.4. The SMILES string of the molecule is Cc1cccc(C)c1NC(=O)CN1C(=O)C[C@@H](C)Sc2ccc(S(=O)(=O)N3CCCCC3)cc21. The number of carbonyl (C=O) groups is 2. The fraction of sp³-hybridized carbons (Fsp3) is 0.440. The Kier molecular flexibility index (Phi) is 7.35.